The first-order chi connectivity index (χ1) is 4.62. The maximum Gasteiger partial charge on any atom is 0.537 e. The Hall–Kier alpha value is -0.270. The summed E-state index contributed by atoms with van der Waals surface area (Å²) in [5.41, 5.74) is 0. The Morgan fingerprint density at radius 3 is 2.80 bits per heavy atom. The maximum atomic E-state index is 10.4. The van der Waals surface area contributed by atoms with E-state index in [9.17, 15) is 4.57 Å². The van der Waals surface area contributed by atoms with Gasteiger partial charge in [0.1, 0.15) is 0 Å². The Balaban J connectivity index is 3.67. The lowest BCUT2D eigenvalue weighted by molar-refractivity contribution is 0.203. The SMILES string of the molecule is N#COP(=O)(O)OCCCl. The average Bonchev–Trinajstić information content (AvgIpc) is 1.84. The summed E-state index contributed by atoms with van der Waals surface area (Å²) in [7, 11) is -4.15. The highest BCUT2D eigenvalue weighted by Crippen LogP contribution is 2.42. The fourth-order valence-electron chi connectivity index (χ4n) is 0.228. The first-order valence-corrected chi connectivity index (χ1v) is 4.26. The van der Waals surface area contributed by atoms with Gasteiger partial charge in [-0.25, -0.2) is 4.57 Å². The predicted octanol–water partition coefficient (Wildman–Crippen LogP) is 0.840. The van der Waals surface area contributed by atoms with Gasteiger partial charge in [0.15, 0.2) is 0 Å². The zero-order valence-corrected chi connectivity index (χ0v) is 6.51. The normalized spacial score (nSPS) is 15.3. The molecule has 0 radical (unpaired) electrons. The van der Waals surface area contributed by atoms with E-state index in [4.69, 9.17) is 21.8 Å². The summed E-state index contributed by atoms with van der Waals surface area (Å²) in [6, 6.07) is 0. The molecule has 0 heterocycles. The third-order valence-electron chi connectivity index (χ3n) is 0.488. The molecule has 0 aliphatic heterocycles. The van der Waals surface area contributed by atoms with E-state index in [0.717, 1.165) is 6.26 Å². The molecule has 1 atom stereocenters. The Labute approximate surface area is 62.7 Å². The van der Waals surface area contributed by atoms with Gasteiger partial charge in [0, 0.05) is 5.88 Å². The fourth-order valence-corrected chi connectivity index (χ4v) is 0.890. The smallest absolute Gasteiger partial charge is 0.328 e. The minimum Gasteiger partial charge on any atom is -0.328 e. The predicted molar refractivity (Wildman–Crippen MR) is 33.2 cm³/mol. The van der Waals surface area contributed by atoms with E-state index >= 15 is 0 Å². The van der Waals surface area contributed by atoms with E-state index in [1.807, 2.05) is 0 Å². The van der Waals surface area contributed by atoms with Crippen LogP contribution in [0.2, 0.25) is 0 Å². The van der Waals surface area contributed by atoms with Crippen molar-refractivity contribution in [3.8, 4) is 6.26 Å². The summed E-state index contributed by atoms with van der Waals surface area (Å²) in [6.07, 6.45) is 1.04. The van der Waals surface area contributed by atoms with Crippen LogP contribution in [0.1, 0.15) is 0 Å². The molecule has 7 heteroatoms. The van der Waals surface area contributed by atoms with Crippen molar-refractivity contribution in [2.75, 3.05) is 12.5 Å². The number of halogens is 1. The van der Waals surface area contributed by atoms with Crippen LogP contribution in [0.5, 0.6) is 0 Å². The summed E-state index contributed by atoms with van der Waals surface area (Å²) >= 11 is 5.11. The molecule has 0 aliphatic rings. The molecule has 0 saturated heterocycles. The number of nitriles is 1. The van der Waals surface area contributed by atoms with Gasteiger partial charge in [-0.1, -0.05) is 0 Å². The molecule has 0 aliphatic carbocycles. The van der Waals surface area contributed by atoms with Crippen molar-refractivity contribution >= 4 is 19.4 Å². The van der Waals surface area contributed by atoms with Gasteiger partial charge in [-0.2, -0.15) is 0 Å². The van der Waals surface area contributed by atoms with E-state index in [-0.39, 0.29) is 12.5 Å². The number of alkyl halides is 1. The number of nitrogens with zero attached hydrogens (tertiary/aromatic N) is 1. The zero-order valence-electron chi connectivity index (χ0n) is 4.86. The van der Waals surface area contributed by atoms with Gasteiger partial charge in [-0.15, -0.1) is 16.9 Å². The molecule has 58 valence electrons. The van der Waals surface area contributed by atoms with Crippen LogP contribution < -0.4 is 0 Å². The highest BCUT2D eigenvalue weighted by Gasteiger charge is 2.20. The van der Waals surface area contributed by atoms with Crippen molar-refractivity contribution in [3.63, 3.8) is 0 Å². The number of hydrogen-bond donors (Lipinski definition) is 1. The van der Waals surface area contributed by atoms with Gasteiger partial charge < -0.3 is 4.52 Å². The molecule has 5 nitrogen and oxygen atoms in total. The highest BCUT2D eigenvalue weighted by atomic mass is 35.5. The molecule has 10 heavy (non-hydrogen) atoms. The quantitative estimate of drug-likeness (QED) is 0.399. The number of phosphoric ester groups is 1. The Morgan fingerprint density at radius 1 is 1.80 bits per heavy atom. The van der Waals surface area contributed by atoms with E-state index < -0.39 is 7.82 Å². The third kappa shape index (κ3) is 4.59. The average molecular weight is 186 g/mol. The van der Waals surface area contributed by atoms with Crippen LogP contribution in [0, 0.1) is 11.5 Å². The standard InChI is InChI=1S/C3H5ClNO4P/c4-1-2-8-10(6,7)9-3-5/h1-2H2,(H,6,7). The molecule has 0 aromatic heterocycles. The molecule has 0 saturated carbocycles. The van der Waals surface area contributed by atoms with E-state index in [0.29, 0.717) is 0 Å². The molecule has 0 rings (SSSR count). The largest absolute Gasteiger partial charge is 0.537 e. The molecule has 0 amide bonds. The van der Waals surface area contributed by atoms with E-state index in [1.54, 1.807) is 0 Å². The molecule has 1 unspecified atom stereocenters. The molecule has 0 fully saturated rings. The molecule has 1 N–H and O–H groups in total. The lowest BCUT2D eigenvalue weighted by atomic mass is 10.9. The zero-order chi connectivity index (χ0) is 8.04. The lowest BCUT2D eigenvalue weighted by Gasteiger charge is -2.04. The van der Waals surface area contributed by atoms with Crippen LogP contribution in [-0.4, -0.2) is 17.4 Å². The van der Waals surface area contributed by atoms with E-state index in [2.05, 4.69) is 9.05 Å². The van der Waals surface area contributed by atoms with Gasteiger partial charge in [0.05, 0.1) is 6.61 Å². The topological polar surface area (TPSA) is 79.5 Å². The fraction of sp³-hybridized carbons (Fsp3) is 0.667. The van der Waals surface area contributed by atoms with Crippen LogP contribution in [0.3, 0.4) is 0 Å². The van der Waals surface area contributed by atoms with Crippen LogP contribution in [0.4, 0.5) is 0 Å². The van der Waals surface area contributed by atoms with Crippen molar-refractivity contribution in [3.05, 3.63) is 0 Å². The van der Waals surface area contributed by atoms with Crippen LogP contribution in [0.15, 0.2) is 0 Å². The monoisotopic (exact) mass is 185 g/mol. The van der Waals surface area contributed by atoms with Crippen LogP contribution in [0.25, 0.3) is 0 Å². The van der Waals surface area contributed by atoms with Gasteiger partial charge in [0.2, 0.25) is 0 Å². The first kappa shape index (κ1) is 9.73. The van der Waals surface area contributed by atoms with Crippen LogP contribution in [-0.2, 0) is 13.6 Å². The van der Waals surface area contributed by atoms with Gasteiger partial charge in [0.25, 0.3) is 6.26 Å². The first-order valence-electron chi connectivity index (χ1n) is 2.23. The molecular weight excluding hydrogens is 180 g/mol. The van der Waals surface area contributed by atoms with Crippen LogP contribution >= 0.6 is 19.4 Å². The second-order valence-corrected chi connectivity index (χ2v) is 2.93. The maximum absolute atomic E-state index is 10.4. The summed E-state index contributed by atoms with van der Waals surface area (Å²) in [5, 5.41) is 7.78. The number of hydrogen-bond acceptors (Lipinski definition) is 4. The highest BCUT2D eigenvalue weighted by molar-refractivity contribution is 7.47. The summed E-state index contributed by atoms with van der Waals surface area (Å²) in [5.74, 6) is 0.0688. The Bertz CT molecular complexity index is 178. The minimum absolute atomic E-state index is 0.0688. The Morgan fingerprint density at radius 2 is 2.40 bits per heavy atom. The molecular formula is C3H5ClNO4P. The third-order valence-corrected chi connectivity index (χ3v) is 1.46. The lowest BCUT2D eigenvalue weighted by Crippen LogP contribution is -1.94. The molecule has 0 bridgehead atoms. The van der Waals surface area contributed by atoms with E-state index in [1.165, 1.54) is 0 Å². The minimum atomic E-state index is -4.15. The van der Waals surface area contributed by atoms with Gasteiger partial charge in [-0.05, 0) is 0 Å². The number of rotatable bonds is 4. The number of phosphoric acid groups is 1. The van der Waals surface area contributed by atoms with Crippen molar-refractivity contribution in [2.24, 2.45) is 0 Å². The second-order valence-electron chi connectivity index (χ2n) is 1.17. The van der Waals surface area contributed by atoms with Crippen molar-refractivity contribution in [1.82, 2.24) is 0 Å². The Kier molecular flexibility index (Phi) is 4.41. The van der Waals surface area contributed by atoms with Crippen molar-refractivity contribution in [2.45, 2.75) is 0 Å². The van der Waals surface area contributed by atoms with Crippen molar-refractivity contribution in [1.29, 1.82) is 5.26 Å². The summed E-state index contributed by atoms with van der Waals surface area (Å²) in [6.45, 7) is -0.128. The summed E-state index contributed by atoms with van der Waals surface area (Å²) in [4.78, 5) is 8.48. The van der Waals surface area contributed by atoms with Gasteiger partial charge >= 0.3 is 7.82 Å². The van der Waals surface area contributed by atoms with Crippen molar-refractivity contribution < 1.29 is 18.5 Å². The van der Waals surface area contributed by atoms with Gasteiger partial charge in [-0.3, -0.25) is 9.42 Å². The summed E-state index contributed by atoms with van der Waals surface area (Å²) < 4.78 is 18.2. The second kappa shape index (κ2) is 4.53. The molecule has 0 spiro atoms. The molecule has 0 aromatic rings. The molecule has 0 aromatic carbocycles.